The quantitative estimate of drug-likeness (QED) is 0.605. The molecule has 16 heavy (non-hydrogen) atoms. The molecule has 84 valence electrons. The van der Waals surface area contributed by atoms with Crippen molar-refractivity contribution in [2.75, 3.05) is 0 Å². The van der Waals surface area contributed by atoms with Crippen molar-refractivity contribution < 1.29 is 0 Å². The van der Waals surface area contributed by atoms with Crippen molar-refractivity contribution in [2.24, 2.45) is 5.41 Å². The third-order valence-corrected chi connectivity index (χ3v) is 3.73. The topological polar surface area (TPSA) is 0 Å². The zero-order valence-corrected chi connectivity index (χ0v) is 10.1. The second-order valence-electron chi connectivity index (χ2n) is 4.81. The summed E-state index contributed by atoms with van der Waals surface area (Å²) in [6.07, 6.45) is 7.91. The van der Waals surface area contributed by atoms with Gasteiger partial charge in [-0.2, -0.15) is 0 Å². The van der Waals surface area contributed by atoms with Crippen LogP contribution in [0.4, 0.5) is 0 Å². The molecule has 0 spiro atoms. The van der Waals surface area contributed by atoms with Gasteiger partial charge in [0.2, 0.25) is 0 Å². The minimum absolute atomic E-state index is 0.314. The molecule has 0 saturated heterocycles. The minimum atomic E-state index is 0.314. The number of hydrogen-bond acceptors (Lipinski definition) is 0. The second kappa shape index (κ2) is 5.21. The summed E-state index contributed by atoms with van der Waals surface area (Å²) in [6, 6.07) is 10.4. The van der Waals surface area contributed by atoms with Gasteiger partial charge in [-0.05, 0) is 31.4 Å². The molecule has 0 N–H and O–H groups in total. The van der Waals surface area contributed by atoms with Crippen molar-refractivity contribution in [3.63, 3.8) is 0 Å². The Bertz CT molecular complexity index is 371. The van der Waals surface area contributed by atoms with E-state index in [1.54, 1.807) is 0 Å². The molecule has 0 aliphatic heterocycles. The first-order valence-electron chi connectivity index (χ1n) is 6.43. The lowest BCUT2D eigenvalue weighted by Crippen LogP contribution is -2.21. The maximum atomic E-state index is 3.55. The molecule has 2 rings (SSSR count). The molecular formula is C16H20. The molecule has 1 aliphatic rings. The van der Waals surface area contributed by atoms with Crippen LogP contribution in [0.15, 0.2) is 30.3 Å². The summed E-state index contributed by atoms with van der Waals surface area (Å²) in [7, 11) is 0. The summed E-state index contributed by atoms with van der Waals surface area (Å²) in [5, 5.41) is 0. The maximum Gasteiger partial charge on any atom is 0.0315 e. The highest BCUT2D eigenvalue weighted by molar-refractivity contribution is 5.35. The molecule has 0 amide bonds. The van der Waals surface area contributed by atoms with Gasteiger partial charge in [0.1, 0.15) is 0 Å². The third kappa shape index (κ3) is 2.67. The molecule has 0 heteroatoms. The Morgan fingerprint density at radius 2 is 1.75 bits per heavy atom. The molecule has 0 nitrogen and oxygen atoms in total. The Morgan fingerprint density at radius 1 is 1.06 bits per heavy atom. The van der Waals surface area contributed by atoms with Crippen LogP contribution in [0.25, 0.3) is 0 Å². The summed E-state index contributed by atoms with van der Waals surface area (Å²) in [5.74, 6) is 6.91. The standard InChI is InChI=1S/C16H20/c1-2-16(12-7-4-8-13-16)14-11-15-9-5-3-6-10-15/h3,5-6,9-10H,2,4,7-8,12-13H2,1H3. The molecule has 1 aromatic rings. The molecule has 1 saturated carbocycles. The van der Waals surface area contributed by atoms with Crippen molar-refractivity contribution in [3.05, 3.63) is 35.9 Å². The predicted molar refractivity (Wildman–Crippen MR) is 69.1 cm³/mol. The minimum Gasteiger partial charge on any atom is -0.0911 e. The lowest BCUT2D eigenvalue weighted by molar-refractivity contribution is 0.262. The van der Waals surface area contributed by atoms with Gasteiger partial charge < -0.3 is 0 Å². The van der Waals surface area contributed by atoms with Crippen LogP contribution in [0.5, 0.6) is 0 Å². The molecule has 0 heterocycles. The first-order chi connectivity index (χ1) is 7.85. The lowest BCUT2D eigenvalue weighted by Gasteiger charge is -2.31. The van der Waals surface area contributed by atoms with E-state index in [0.717, 1.165) is 5.56 Å². The number of benzene rings is 1. The number of hydrogen-bond donors (Lipinski definition) is 0. The highest BCUT2D eigenvalue weighted by Gasteiger charge is 2.27. The molecule has 1 fully saturated rings. The lowest BCUT2D eigenvalue weighted by atomic mass is 9.73. The van der Waals surface area contributed by atoms with E-state index in [4.69, 9.17) is 0 Å². The summed E-state index contributed by atoms with van der Waals surface area (Å²) < 4.78 is 0. The maximum absolute atomic E-state index is 3.55. The van der Waals surface area contributed by atoms with Gasteiger partial charge in [-0.3, -0.25) is 0 Å². The van der Waals surface area contributed by atoms with Gasteiger partial charge in [0.15, 0.2) is 0 Å². The van der Waals surface area contributed by atoms with Gasteiger partial charge in [0.05, 0.1) is 0 Å². The van der Waals surface area contributed by atoms with Crippen LogP contribution in [-0.4, -0.2) is 0 Å². The fourth-order valence-corrected chi connectivity index (χ4v) is 2.52. The van der Waals surface area contributed by atoms with Gasteiger partial charge >= 0.3 is 0 Å². The van der Waals surface area contributed by atoms with Gasteiger partial charge in [-0.1, -0.05) is 56.2 Å². The van der Waals surface area contributed by atoms with Crippen molar-refractivity contribution >= 4 is 0 Å². The van der Waals surface area contributed by atoms with E-state index < -0.39 is 0 Å². The van der Waals surface area contributed by atoms with E-state index >= 15 is 0 Å². The van der Waals surface area contributed by atoms with E-state index in [2.05, 4.69) is 43.0 Å². The zero-order valence-electron chi connectivity index (χ0n) is 10.1. The molecule has 0 radical (unpaired) electrons. The zero-order chi connectivity index (χ0) is 11.3. The van der Waals surface area contributed by atoms with Crippen LogP contribution < -0.4 is 0 Å². The average molecular weight is 212 g/mol. The first kappa shape index (κ1) is 11.3. The van der Waals surface area contributed by atoms with Crippen molar-refractivity contribution in [1.82, 2.24) is 0 Å². The Labute approximate surface area is 99.1 Å². The SMILES string of the molecule is CCC1(C#Cc2ccccc2)CCCCC1. The largest absolute Gasteiger partial charge is 0.0911 e. The summed E-state index contributed by atoms with van der Waals surface area (Å²) in [6.45, 7) is 2.28. The van der Waals surface area contributed by atoms with E-state index in [-0.39, 0.29) is 0 Å². The van der Waals surface area contributed by atoms with Gasteiger partial charge in [0.25, 0.3) is 0 Å². The molecule has 0 aromatic heterocycles. The molecule has 1 aromatic carbocycles. The Morgan fingerprint density at radius 3 is 2.38 bits per heavy atom. The molecule has 0 bridgehead atoms. The molecule has 0 unspecified atom stereocenters. The van der Waals surface area contributed by atoms with Gasteiger partial charge in [-0.15, -0.1) is 0 Å². The Hall–Kier alpha value is -1.22. The van der Waals surface area contributed by atoms with E-state index in [1.807, 2.05) is 6.07 Å². The van der Waals surface area contributed by atoms with Crippen molar-refractivity contribution in [1.29, 1.82) is 0 Å². The van der Waals surface area contributed by atoms with Gasteiger partial charge in [0, 0.05) is 11.0 Å². The molecular weight excluding hydrogens is 192 g/mol. The van der Waals surface area contributed by atoms with Gasteiger partial charge in [-0.25, -0.2) is 0 Å². The van der Waals surface area contributed by atoms with Crippen molar-refractivity contribution in [3.8, 4) is 11.8 Å². The highest BCUT2D eigenvalue weighted by atomic mass is 14.3. The smallest absolute Gasteiger partial charge is 0.0315 e. The fraction of sp³-hybridized carbons (Fsp3) is 0.500. The second-order valence-corrected chi connectivity index (χ2v) is 4.81. The predicted octanol–water partition coefficient (Wildman–Crippen LogP) is 4.40. The average Bonchev–Trinajstić information content (AvgIpc) is 2.39. The van der Waals surface area contributed by atoms with Crippen LogP contribution in [0.3, 0.4) is 0 Å². The van der Waals surface area contributed by atoms with Crippen LogP contribution in [0, 0.1) is 17.3 Å². The summed E-state index contributed by atoms with van der Waals surface area (Å²) in [4.78, 5) is 0. The van der Waals surface area contributed by atoms with Crippen molar-refractivity contribution in [2.45, 2.75) is 45.4 Å². The van der Waals surface area contributed by atoms with Crippen LogP contribution in [-0.2, 0) is 0 Å². The Balaban J connectivity index is 2.15. The van der Waals surface area contributed by atoms with Crippen LogP contribution in [0.1, 0.15) is 51.0 Å². The monoisotopic (exact) mass is 212 g/mol. The molecule has 0 atom stereocenters. The first-order valence-corrected chi connectivity index (χ1v) is 6.43. The Kier molecular flexibility index (Phi) is 3.67. The van der Waals surface area contributed by atoms with Crippen LogP contribution in [0.2, 0.25) is 0 Å². The molecule has 1 aliphatic carbocycles. The summed E-state index contributed by atoms with van der Waals surface area (Å²) >= 11 is 0. The summed E-state index contributed by atoms with van der Waals surface area (Å²) in [5.41, 5.74) is 1.47. The fourth-order valence-electron chi connectivity index (χ4n) is 2.52. The van der Waals surface area contributed by atoms with E-state index in [9.17, 15) is 0 Å². The van der Waals surface area contributed by atoms with Crippen LogP contribution >= 0.6 is 0 Å². The normalized spacial score (nSPS) is 18.6. The number of rotatable bonds is 1. The highest BCUT2D eigenvalue weighted by Crippen LogP contribution is 2.38. The van der Waals surface area contributed by atoms with E-state index in [0.29, 0.717) is 5.41 Å². The van der Waals surface area contributed by atoms with E-state index in [1.165, 1.54) is 38.5 Å². The third-order valence-electron chi connectivity index (χ3n) is 3.73.